The Morgan fingerprint density at radius 3 is 2.69 bits per heavy atom. The molecule has 0 aliphatic heterocycles. The van der Waals surface area contributed by atoms with Crippen LogP contribution in [0.2, 0.25) is 0 Å². The number of rotatable bonds is 7. The third-order valence-electron chi connectivity index (χ3n) is 2.39. The van der Waals surface area contributed by atoms with Crippen LogP contribution >= 0.6 is 0 Å². The van der Waals surface area contributed by atoms with Crippen LogP contribution in [0.3, 0.4) is 0 Å². The summed E-state index contributed by atoms with van der Waals surface area (Å²) in [7, 11) is 0. The third kappa shape index (κ3) is 7.83. The highest BCUT2D eigenvalue weighted by molar-refractivity contribution is 5.02. The van der Waals surface area contributed by atoms with Gasteiger partial charge in [-0.15, -0.1) is 6.58 Å². The van der Waals surface area contributed by atoms with E-state index < -0.39 is 0 Å². The smallest absolute Gasteiger partial charge is 0.0144 e. The Morgan fingerprint density at radius 1 is 1.46 bits per heavy atom. The highest BCUT2D eigenvalue weighted by Crippen LogP contribution is 2.14. The fourth-order valence-corrected chi connectivity index (χ4v) is 1.38. The average molecular weight is 180 g/mol. The van der Waals surface area contributed by atoms with Crippen molar-refractivity contribution in [3.05, 3.63) is 24.3 Å². The lowest BCUT2D eigenvalue weighted by atomic mass is 9.99. The molecule has 0 amide bonds. The van der Waals surface area contributed by atoms with Gasteiger partial charge in [0.25, 0.3) is 0 Å². The van der Waals surface area contributed by atoms with Gasteiger partial charge in [-0.3, -0.25) is 0 Å². The summed E-state index contributed by atoms with van der Waals surface area (Å²) >= 11 is 0. The highest BCUT2D eigenvalue weighted by atomic mass is 14.0. The quantitative estimate of drug-likeness (QED) is 0.497. The Morgan fingerprint density at radius 2 is 2.15 bits per heavy atom. The molecule has 0 saturated heterocycles. The van der Waals surface area contributed by atoms with E-state index >= 15 is 0 Å². The van der Waals surface area contributed by atoms with E-state index in [1.54, 1.807) is 0 Å². The van der Waals surface area contributed by atoms with Crippen LogP contribution in [0.4, 0.5) is 0 Å². The second kappa shape index (κ2) is 8.10. The molecule has 76 valence electrons. The van der Waals surface area contributed by atoms with Gasteiger partial charge >= 0.3 is 0 Å². The van der Waals surface area contributed by atoms with Gasteiger partial charge < -0.3 is 0 Å². The molecule has 0 aromatic rings. The number of unbranched alkanes of at least 4 members (excludes halogenated alkanes) is 1. The zero-order chi connectivity index (χ0) is 10.1. The first-order valence-corrected chi connectivity index (χ1v) is 5.47. The van der Waals surface area contributed by atoms with E-state index in [-0.39, 0.29) is 0 Å². The average Bonchev–Trinajstić information content (AvgIpc) is 2.12. The maximum Gasteiger partial charge on any atom is -0.0144 e. The van der Waals surface area contributed by atoms with Crippen LogP contribution < -0.4 is 0 Å². The van der Waals surface area contributed by atoms with Crippen LogP contribution in [0.25, 0.3) is 0 Å². The number of hydrogen-bond acceptors (Lipinski definition) is 0. The summed E-state index contributed by atoms with van der Waals surface area (Å²) < 4.78 is 0. The molecule has 0 rings (SSSR count). The second-order valence-corrected chi connectivity index (χ2v) is 4.03. The van der Waals surface area contributed by atoms with Gasteiger partial charge in [0.2, 0.25) is 0 Å². The fraction of sp³-hybridized carbons (Fsp3) is 0.692. The van der Waals surface area contributed by atoms with Crippen molar-refractivity contribution >= 4 is 0 Å². The predicted octanol–water partition coefficient (Wildman–Crippen LogP) is 4.73. The largest absolute Gasteiger partial charge is 0.103 e. The molecule has 13 heavy (non-hydrogen) atoms. The van der Waals surface area contributed by atoms with E-state index in [1.807, 2.05) is 6.08 Å². The normalized spacial score (nSPS) is 14.2. The number of allylic oxidation sites excluding steroid dienone is 3. The molecule has 1 atom stereocenters. The lowest BCUT2D eigenvalue weighted by molar-refractivity contribution is 0.510. The van der Waals surface area contributed by atoms with E-state index in [0.717, 1.165) is 12.3 Å². The van der Waals surface area contributed by atoms with E-state index in [4.69, 9.17) is 0 Å². The lowest BCUT2D eigenvalue weighted by Gasteiger charge is -2.07. The molecule has 0 spiro atoms. The van der Waals surface area contributed by atoms with E-state index in [0.29, 0.717) is 0 Å². The molecule has 0 N–H and O–H groups in total. The molecule has 0 aromatic heterocycles. The van der Waals surface area contributed by atoms with E-state index in [2.05, 4.69) is 33.4 Å². The first-order valence-electron chi connectivity index (χ1n) is 5.47. The van der Waals surface area contributed by atoms with Crippen LogP contribution in [0.5, 0.6) is 0 Å². The van der Waals surface area contributed by atoms with Crippen molar-refractivity contribution in [1.29, 1.82) is 0 Å². The van der Waals surface area contributed by atoms with Crippen molar-refractivity contribution in [3.63, 3.8) is 0 Å². The molecule has 0 radical (unpaired) electrons. The maximum atomic E-state index is 3.74. The monoisotopic (exact) mass is 180 g/mol. The summed E-state index contributed by atoms with van der Waals surface area (Å²) in [5, 5.41) is 0. The lowest BCUT2D eigenvalue weighted by Crippen LogP contribution is -1.92. The molecular weight excluding hydrogens is 156 g/mol. The van der Waals surface area contributed by atoms with Crippen molar-refractivity contribution < 1.29 is 0 Å². The minimum atomic E-state index is 0.847. The van der Waals surface area contributed by atoms with E-state index in [1.165, 1.54) is 31.3 Å². The molecule has 0 aliphatic rings. The van der Waals surface area contributed by atoms with Crippen molar-refractivity contribution in [3.8, 4) is 0 Å². The molecule has 0 aliphatic carbocycles. The van der Waals surface area contributed by atoms with Gasteiger partial charge in [-0.2, -0.15) is 0 Å². The molecule has 0 heteroatoms. The summed E-state index contributed by atoms with van der Waals surface area (Å²) in [5.74, 6) is 0.847. The predicted molar refractivity (Wildman–Crippen MR) is 61.9 cm³/mol. The van der Waals surface area contributed by atoms with Gasteiger partial charge in [0.05, 0.1) is 0 Å². The Labute approximate surface area is 83.7 Å². The topological polar surface area (TPSA) is 0 Å². The minimum Gasteiger partial charge on any atom is -0.103 e. The van der Waals surface area contributed by atoms with Gasteiger partial charge in [0, 0.05) is 0 Å². The Bertz CT molecular complexity index is 153. The first-order chi connectivity index (χ1) is 6.20. The zero-order valence-electron chi connectivity index (χ0n) is 9.47. The molecule has 0 saturated carbocycles. The van der Waals surface area contributed by atoms with Gasteiger partial charge in [-0.05, 0) is 25.7 Å². The van der Waals surface area contributed by atoms with Crippen molar-refractivity contribution in [1.82, 2.24) is 0 Å². The van der Waals surface area contributed by atoms with Crippen LogP contribution in [0.1, 0.15) is 52.9 Å². The summed E-state index contributed by atoms with van der Waals surface area (Å²) in [6.45, 7) is 10.5. The van der Waals surface area contributed by atoms with Crippen LogP contribution in [0.15, 0.2) is 24.3 Å². The standard InChI is InChI=1S/C13H24/c1-5-7-9-13(4)11-10-12(3)8-6-2/h6,10,13H,2,5,7-9,11H2,1,3-4H3. The summed E-state index contributed by atoms with van der Waals surface area (Å²) in [6.07, 6.45) is 10.7. The van der Waals surface area contributed by atoms with Gasteiger partial charge in [0.15, 0.2) is 0 Å². The maximum absolute atomic E-state index is 3.74. The van der Waals surface area contributed by atoms with Crippen LogP contribution in [-0.2, 0) is 0 Å². The van der Waals surface area contributed by atoms with Gasteiger partial charge in [-0.25, -0.2) is 0 Å². The summed E-state index contributed by atoms with van der Waals surface area (Å²) in [4.78, 5) is 0. The SMILES string of the molecule is C=CCC(C)=CCC(C)CCCC. The Balaban J connectivity index is 3.59. The zero-order valence-corrected chi connectivity index (χ0v) is 9.47. The van der Waals surface area contributed by atoms with E-state index in [9.17, 15) is 0 Å². The minimum absolute atomic E-state index is 0.847. The van der Waals surface area contributed by atoms with Crippen LogP contribution in [0, 0.1) is 5.92 Å². The molecule has 0 bridgehead atoms. The Hall–Kier alpha value is -0.520. The molecule has 0 fully saturated rings. The molecule has 1 unspecified atom stereocenters. The number of hydrogen-bond donors (Lipinski definition) is 0. The molecular formula is C13H24. The summed E-state index contributed by atoms with van der Waals surface area (Å²) in [6, 6.07) is 0. The van der Waals surface area contributed by atoms with Gasteiger partial charge in [0.1, 0.15) is 0 Å². The first kappa shape index (κ1) is 12.5. The summed E-state index contributed by atoms with van der Waals surface area (Å²) in [5.41, 5.74) is 1.46. The fourth-order valence-electron chi connectivity index (χ4n) is 1.38. The van der Waals surface area contributed by atoms with Gasteiger partial charge in [-0.1, -0.05) is 50.8 Å². The molecule has 0 aromatic carbocycles. The van der Waals surface area contributed by atoms with Crippen molar-refractivity contribution in [2.45, 2.75) is 52.9 Å². The second-order valence-electron chi connectivity index (χ2n) is 4.03. The molecule has 0 heterocycles. The highest BCUT2D eigenvalue weighted by Gasteiger charge is 1.98. The third-order valence-corrected chi connectivity index (χ3v) is 2.39. The molecule has 0 nitrogen and oxygen atoms in total. The van der Waals surface area contributed by atoms with Crippen molar-refractivity contribution in [2.24, 2.45) is 5.92 Å². The van der Waals surface area contributed by atoms with Crippen LogP contribution in [-0.4, -0.2) is 0 Å². The Kier molecular flexibility index (Phi) is 7.77. The van der Waals surface area contributed by atoms with Crippen molar-refractivity contribution in [2.75, 3.05) is 0 Å².